The molecule has 0 saturated heterocycles. The van der Waals surface area contributed by atoms with E-state index in [0.717, 1.165) is 0 Å². The van der Waals surface area contributed by atoms with Gasteiger partial charge in [0.2, 0.25) is 0 Å². The molecule has 0 fully saturated rings. The molecule has 222 valence electrons. The molecule has 0 aromatic carbocycles. The van der Waals surface area contributed by atoms with Crippen LogP contribution in [0, 0.1) is 0 Å². The van der Waals surface area contributed by atoms with E-state index in [1.165, 1.54) is 165 Å². The van der Waals surface area contributed by atoms with E-state index in [0.29, 0.717) is 0 Å². The predicted molar refractivity (Wildman–Crippen MR) is 188 cm³/mol. The fraction of sp³-hybridized carbons (Fsp3) is 1.00. The van der Waals surface area contributed by atoms with Crippen LogP contribution in [0.1, 0.15) is 157 Å². The molecule has 36 heavy (non-hydrogen) atoms. The van der Waals surface area contributed by atoms with Crippen molar-refractivity contribution in [1.29, 1.82) is 0 Å². The van der Waals surface area contributed by atoms with Gasteiger partial charge in [-0.3, -0.25) is 0 Å². The summed E-state index contributed by atoms with van der Waals surface area (Å²) in [4.78, 5) is 0. The third-order valence-electron chi connectivity index (χ3n) is 9.11. The fourth-order valence-electron chi connectivity index (χ4n) is 6.38. The Labute approximate surface area is 246 Å². The van der Waals surface area contributed by atoms with Gasteiger partial charge >= 0.3 is 248 Å². The van der Waals surface area contributed by atoms with E-state index in [9.17, 15) is 0 Å². The number of hydrogen-bond acceptors (Lipinski definition) is 0. The number of rotatable bonds is 27. The van der Waals surface area contributed by atoms with Gasteiger partial charge in [0, 0.05) is 0 Å². The van der Waals surface area contributed by atoms with Crippen LogP contribution < -0.4 is 0 Å². The molecule has 0 amide bonds. The normalized spacial score (nSPS) is 14.9. The molecule has 0 heterocycles. The maximum absolute atomic E-state index is 4.61. The van der Waals surface area contributed by atoms with Crippen LogP contribution in [0.4, 0.5) is 0 Å². The maximum atomic E-state index is 4.61. The molecule has 0 bridgehead atoms. The minimum atomic E-state index is -1.69. The van der Waals surface area contributed by atoms with Crippen LogP contribution in [0.15, 0.2) is 0 Å². The van der Waals surface area contributed by atoms with Crippen molar-refractivity contribution in [2.24, 2.45) is 0 Å². The Morgan fingerprint density at radius 3 is 0.639 bits per heavy atom. The predicted octanol–water partition coefficient (Wildman–Crippen LogP) is 13.9. The van der Waals surface area contributed by atoms with Crippen molar-refractivity contribution >= 4 is 41.6 Å². The first-order valence-electron chi connectivity index (χ1n) is 16.6. The average Bonchev–Trinajstić information content (AvgIpc) is 2.89. The molecule has 0 atom stereocenters. The topological polar surface area (TPSA) is 0 Å². The van der Waals surface area contributed by atoms with Gasteiger partial charge < -0.3 is 0 Å². The molecule has 4 heteroatoms. The molecule has 0 spiro atoms. The van der Waals surface area contributed by atoms with E-state index in [1.807, 2.05) is 0 Å². The van der Waals surface area contributed by atoms with Crippen molar-refractivity contribution < 1.29 is 0 Å². The molecule has 0 aliphatic heterocycles. The summed E-state index contributed by atoms with van der Waals surface area (Å²) < 4.78 is 0. The third-order valence-corrected chi connectivity index (χ3v) is 29.1. The summed E-state index contributed by atoms with van der Waals surface area (Å²) in [6.07, 6.45) is 37.6. The summed E-state index contributed by atoms with van der Waals surface area (Å²) in [6, 6.07) is 0. The first-order valence-corrected chi connectivity index (χ1v) is 26.6. The fourth-order valence-corrected chi connectivity index (χ4v) is 23.8. The zero-order valence-electron chi connectivity index (χ0n) is 26.0. The van der Waals surface area contributed by atoms with Gasteiger partial charge in [-0.15, -0.1) is 0 Å². The zero-order chi connectivity index (χ0) is 27.3. The van der Waals surface area contributed by atoms with Crippen molar-refractivity contribution in [3.05, 3.63) is 0 Å². The minimum absolute atomic E-state index is 1.36. The first-order chi connectivity index (χ1) is 17.2. The van der Waals surface area contributed by atoms with E-state index < -0.39 is 10.6 Å². The number of hydrogen-bond donors (Lipinski definition) is 0. The summed E-state index contributed by atoms with van der Waals surface area (Å²) in [5.74, 6) is 0. The standard InChI is InChI=1S/C32H70Br2P2/c1-7-13-25-35(33,26-14-8-2,27-15-9-3)31-23-21-19-20-22-24-32-36(34,28-16-10-4,29-17-11-5)30-18-12-6/h7-32H2,1-6H3. The van der Waals surface area contributed by atoms with E-state index in [1.54, 1.807) is 0 Å². The Kier molecular flexibility index (Phi) is 21.7. The van der Waals surface area contributed by atoms with Crippen LogP contribution in [0.5, 0.6) is 0 Å². The van der Waals surface area contributed by atoms with E-state index >= 15 is 0 Å². The Bertz CT molecular complexity index is 427. The Morgan fingerprint density at radius 2 is 0.444 bits per heavy atom. The average molecular weight is 677 g/mol. The molecule has 0 aromatic rings. The van der Waals surface area contributed by atoms with Crippen LogP contribution in [-0.4, -0.2) is 49.3 Å². The first kappa shape index (κ1) is 37.8. The molecule has 0 N–H and O–H groups in total. The molecule has 0 unspecified atom stereocenters. The second kappa shape index (κ2) is 20.7. The molecule has 0 saturated carbocycles. The van der Waals surface area contributed by atoms with Gasteiger partial charge in [-0.2, -0.15) is 0 Å². The molecule has 0 rings (SSSR count). The summed E-state index contributed by atoms with van der Waals surface area (Å²) in [5.41, 5.74) is 0. The van der Waals surface area contributed by atoms with Gasteiger partial charge in [-0.05, 0) is 0 Å². The van der Waals surface area contributed by atoms with Gasteiger partial charge in [0.25, 0.3) is 0 Å². The Hall–Kier alpha value is 1.82. The summed E-state index contributed by atoms with van der Waals surface area (Å²) in [7, 11) is 0. The third kappa shape index (κ3) is 15.6. The van der Waals surface area contributed by atoms with Crippen LogP contribution in [-0.2, 0) is 0 Å². The second-order valence-corrected chi connectivity index (χ2v) is 35.6. The molecular weight excluding hydrogens is 606 g/mol. The Balaban J connectivity index is 4.80. The van der Waals surface area contributed by atoms with E-state index in [4.69, 9.17) is 0 Å². The molecule has 0 aliphatic carbocycles. The molecule has 0 aliphatic rings. The zero-order valence-corrected chi connectivity index (χ0v) is 31.0. The summed E-state index contributed by atoms with van der Waals surface area (Å²) in [5, 5.41) is -3.37. The van der Waals surface area contributed by atoms with E-state index in [2.05, 4.69) is 72.5 Å². The van der Waals surface area contributed by atoms with Crippen molar-refractivity contribution in [2.75, 3.05) is 49.3 Å². The monoisotopic (exact) mass is 674 g/mol. The van der Waals surface area contributed by atoms with Gasteiger partial charge in [-0.25, -0.2) is 0 Å². The van der Waals surface area contributed by atoms with Gasteiger partial charge in [0.15, 0.2) is 0 Å². The van der Waals surface area contributed by atoms with Crippen LogP contribution in [0.2, 0.25) is 0 Å². The molecular formula is C32H70Br2P2. The van der Waals surface area contributed by atoms with Gasteiger partial charge in [-0.1, -0.05) is 0 Å². The van der Waals surface area contributed by atoms with Crippen LogP contribution in [0.25, 0.3) is 0 Å². The van der Waals surface area contributed by atoms with Crippen LogP contribution >= 0.6 is 41.6 Å². The Morgan fingerprint density at radius 1 is 0.278 bits per heavy atom. The summed E-state index contributed by atoms with van der Waals surface area (Å²) in [6.45, 7) is 14.3. The van der Waals surface area contributed by atoms with Crippen molar-refractivity contribution in [3.63, 3.8) is 0 Å². The second-order valence-electron chi connectivity index (χ2n) is 12.7. The van der Waals surface area contributed by atoms with Crippen molar-refractivity contribution in [3.8, 4) is 0 Å². The van der Waals surface area contributed by atoms with Crippen molar-refractivity contribution in [1.82, 2.24) is 0 Å². The molecule has 0 radical (unpaired) electrons. The SMILES string of the molecule is CCCCP(Br)(CCCC)(CCCC)CCCCCCCCP(Br)(CCCC)(CCCC)CCCC. The number of unbranched alkanes of at least 4 members (excludes halogenated alkanes) is 11. The molecule has 0 aromatic heterocycles. The quantitative estimate of drug-likeness (QED) is 0.0600. The van der Waals surface area contributed by atoms with E-state index in [-0.39, 0.29) is 0 Å². The van der Waals surface area contributed by atoms with Crippen molar-refractivity contribution in [2.45, 2.75) is 157 Å². The van der Waals surface area contributed by atoms with Gasteiger partial charge in [0.1, 0.15) is 0 Å². The van der Waals surface area contributed by atoms with Crippen LogP contribution in [0.3, 0.4) is 0 Å². The number of halogens is 2. The van der Waals surface area contributed by atoms with Gasteiger partial charge in [0.05, 0.1) is 0 Å². The molecule has 0 nitrogen and oxygen atoms in total. The summed E-state index contributed by atoms with van der Waals surface area (Å²) >= 11 is 9.22.